The zero-order valence-electron chi connectivity index (χ0n) is 13.9. The molecule has 8 heteroatoms. The molecule has 26 heavy (non-hydrogen) atoms. The number of ether oxygens (including phenoxy) is 1. The van der Waals surface area contributed by atoms with Gasteiger partial charge in [0.05, 0.1) is 15.6 Å². The highest BCUT2D eigenvalue weighted by Gasteiger charge is 2.31. The van der Waals surface area contributed by atoms with E-state index in [2.05, 4.69) is 9.62 Å². The quantitative estimate of drug-likeness (QED) is 0.822. The summed E-state index contributed by atoms with van der Waals surface area (Å²) in [5.41, 5.74) is 1.20. The van der Waals surface area contributed by atoms with Crippen molar-refractivity contribution >= 4 is 38.9 Å². The number of rotatable bonds is 3. The van der Waals surface area contributed by atoms with Gasteiger partial charge in [-0.3, -0.25) is 9.62 Å². The molecular weight excluding hydrogens is 395 g/mol. The zero-order chi connectivity index (χ0) is 18.3. The Kier molecular flexibility index (Phi) is 4.77. The van der Waals surface area contributed by atoms with Crippen molar-refractivity contribution in [1.82, 2.24) is 4.90 Å². The van der Waals surface area contributed by atoms with Crippen molar-refractivity contribution in [2.75, 3.05) is 17.9 Å². The number of nitrogens with one attached hydrogen (secondary N) is 1. The fourth-order valence-corrected chi connectivity index (χ4v) is 5.19. The van der Waals surface area contributed by atoms with Crippen LogP contribution in [-0.2, 0) is 16.6 Å². The van der Waals surface area contributed by atoms with Crippen molar-refractivity contribution in [3.8, 4) is 5.75 Å². The van der Waals surface area contributed by atoms with E-state index in [1.54, 1.807) is 30.3 Å². The molecule has 1 atom stereocenters. The van der Waals surface area contributed by atoms with E-state index >= 15 is 0 Å². The Balaban J connectivity index is 1.68. The SMILES string of the molecule is O=S(=O)(Nc1cccc(Cl)c1)c1cc(Cl)c2c(c1)CN1CCCC1CO2. The highest BCUT2D eigenvalue weighted by atomic mass is 35.5. The van der Waals surface area contributed by atoms with Crippen LogP contribution in [-0.4, -0.2) is 32.5 Å². The molecule has 138 valence electrons. The van der Waals surface area contributed by atoms with E-state index in [9.17, 15) is 8.42 Å². The molecule has 2 aromatic rings. The summed E-state index contributed by atoms with van der Waals surface area (Å²) >= 11 is 12.3. The zero-order valence-corrected chi connectivity index (χ0v) is 16.2. The summed E-state index contributed by atoms with van der Waals surface area (Å²) in [4.78, 5) is 2.44. The van der Waals surface area contributed by atoms with E-state index in [0.29, 0.717) is 40.7 Å². The first-order valence-corrected chi connectivity index (χ1v) is 10.6. The summed E-state index contributed by atoms with van der Waals surface area (Å²) < 4.78 is 34.0. The fraction of sp³-hybridized carbons (Fsp3) is 0.333. The molecule has 0 aromatic heterocycles. The molecule has 0 bridgehead atoms. The van der Waals surface area contributed by atoms with Crippen molar-refractivity contribution in [3.05, 3.63) is 52.0 Å². The summed E-state index contributed by atoms with van der Waals surface area (Å²) in [6, 6.07) is 10.0. The summed E-state index contributed by atoms with van der Waals surface area (Å²) in [6.45, 7) is 2.21. The van der Waals surface area contributed by atoms with Crippen LogP contribution >= 0.6 is 23.2 Å². The molecular formula is C18H18Cl2N2O3S. The van der Waals surface area contributed by atoms with Crippen LogP contribution in [0.2, 0.25) is 10.0 Å². The van der Waals surface area contributed by atoms with Crippen molar-refractivity contribution in [2.45, 2.75) is 30.3 Å². The predicted molar refractivity (Wildman–Crippen MR) is 103 cm³/mol. The third kappa shape index (κ3) is 3.51. The Morgan fingerprint density at radius 3 is 2.85 bits per heavy atom. The van der Waals surface area contributed by atoms with Crippen molar-refractivity contribution < 1.29 is 13.2 Å². The Morgan fingerprint density at radius 2 is 2.04 bits per heavy atom. The normalized spacial score (nSPS) is 20.0. The topological polar surface area (TPSA) is 58.6 Å². The van der Waals surface area contributed by atoms with Gasteiger partial charge in [0.15, 0.2) is 0 Å². The van der Waals surface area contributed by atoms with Gasteiger partial charge in [0.25, 0.3) is 10.0 Å². The molecule has 0 radical (unpaired) electrons. The first-order valence-electron chi connectivity index (χ1n) is 8.40. The minimum Gasteiger partial charge on any atom is -0.490 e. The van der Waals surface area contributed by atoms with E-state index < -0.39 is 10.0 Å². The molecule has 2 heterocycles. The minimum absolute atomic E-state index is 0.113. The van der Waals surface area contributed by atoms with Crippen LogP contribution in [0.4, 0.5) is 5.69 Å². The second-order valence-electron chi connectivity index (χ2n) is 6.59. The molecule has 1 unspecified atom stereocenters. The number of nitrogens with zero attached hydrogens (tertiary/aromatic N) is 1. The lowest BCUT2D eigenvalue weighted by Crippen LogP contribution is -2.31. The molecule has 2 aromatic carbocycles. The molecule has 2 aliphatic heterocycles. The van der Waals surface area contributed by atoms with Crippen molar-refractivity contribution in [1.29, 1.82) is 0 Å². The third-order valence-electron chi connectivity index (χ3n) is 4.77. The smallest absolute Gasteiger partial charge is 0.261 e. The second kappa shape index (κ2) is 6.93. The molecule has 2 aliphatic rings. The van der Waals surface area contributed by atoms with Gasteiger partial charge in [-0.1, -0.05) is 29.3 Å². The van der Waals surface area contributed by atoms with Crippen molar-refractivity contribution in [3.63, 3.8) is 0 Å². The highest BCUT2D eigenvalue weighted by molar-refractivity contribution is 7.92. The van der Waals surface area contributed by atoms with Gasteiger partial charge < -0.3 is 4.74 Å². The van der Waals surface area contributed by atoms with Crippen LogP contribution in [0.3, 0.4) is 0 Å². The lowest BCUT2D eigenvalue weighted by molar-refractivity contribution is 0.188. The van der Waals surface area contributed by atoms with E-state index in [0.717, 1.165) is 24.9 Å². The number of hydrogen-bond acceptors (Lipinski definition) is 4. The molecule has 0 amide bonds. The van der Waals surface area contributed by atoms with Crippen LogP contribution in [0, 0.1) is 0 Å². The number of halogens is 2. The van der Waals surface area contributed by atoms with E-state index in [1.165, 1.54) is 6.07 Å². The first-order chi connectivity index (χ1) is 12.4. The highest BCUT2D eigenvalue weighted by Crippen LogP contribution is 2.37. The fourth-order valence-electron chi connectivity index (χ4n) is 3.51. The standard InChI is InChI=1S/C18H18Cl2N2O3S/c19-13-3-1-4-14(8-13)21-26(23,24)16-7-12-10-22-6-2-5-15(22)11-25-18(12)17(20)9-16/h1,3-4,7-9,15,21H,2,5-6,10-11H2. The Hall–Kier alpha value is -1.47. The van der Waals surface area contributed by atoms with Gasteiger partial charge in [-0.05, 0) is 49.7 Å². The van der Waals surface area contributed by atoms with Gasteiger partial charge >= 0.3 is 0 Å². The maximum atomic E-state index is 12.8. The maximum absolute atomic E-state index is 12.8. The second-order valence-corrected chi connectivity index (χ2v) is 9.11. The lowest BCUT2D eigenvalue weighted by Gasteiger charge is -2.19. The van der Waals surface area contributed by atoms with Gasteiger partial charge in [0, 0.05) is 23.2 Å². The van der Waals surface area contributed by atoms with E-state index in [-0.39, 0.29) is 4.90 Å². The first kappa shape index (κ1) is 17.9. The summed E-state index contributed by atoms with van der Waals surface area (Å²) in [6.07, 6.45) is 2.22. The van der Waals surface area contributed by atoms with Crippen molar-refractivity contribution in [2.24, 2.45) is 0 Å². The summed E-state index contributed by atoms with van der Waals surface area (Å²) in [7, 11) is -3.79. The molecule has 0 spiro atoms. The minimum atomic E-state index is -3.79. The summed E-state index contributed by atoms with van der Waals surface area (Å²) in [5.74, 6) is 0.586. The molecule has 0 aliphatic carbocycles. The average molecular weight is 413 g/mol. The van der Waals surface area contributed by atoms with Gasteiger partial charge in [-0.25, -0.2) is 8.42 Å². The average Bonchev–Trinajstić information content (AvgIpc) is 2.93. The van der Waals surface area contributed by atoms with Crippen LogP contribution in [0.1, 0.15) is 18.4 Å². The maximum Gasteiger partial charge on any atom is 0.261 e. The van der Waals surface area contributed by atoms with Crippen LogP contribution in [0.15, 0.2) is 41.3 Å². The van der Waals surface area contributed by atoms with Gasteiger partial charge in [0.1, 0.15) is 12.4 Å². The molecule has 1 N–H and O–H groups in total. The Morgan fingerprint density at radius 1 is 1.19 bits per heavy atom. The lowest BCUT2D eigenvalue weighted by atomic mass is 10.2. The van der Waals surface area contributed by atoms with E-state index in [1.807, 2.05) is 0 Å². The van der Waals surface area contributed by atoms with Crippen LogP contribution < -0.4 is 9.46 Å². The number of sulfonamides is 1. The molecule has 1 fully saturated rings. The predicted octanol–water partition coefficient (Wildman–Crippen LogP) is 4.15. The van der Waals surface area contributed by atoms with Gasteiger partial charge in [-0.2, -0.15) is 0 Å². The number of benzene rings is 2. The molecule has 5 nitrogen and oxygen atoms in total. The number of anilines is 1. The monoisotopic (exact) mass is 412 g/mol. The summed E-state index contributed by atoms with van der Waals surface area (Å²) in [5, 5.41) is 0.772. The van der Waals surface area contributed by atoms with Gasteiger partial charge in [-0.15, -0.1) is 0 Å². The van der Waals surface area contributed by atoms with Gasteiger partial charge in [0.2, 0.25) is 0 Å². The van der Waals surface area contributed by atoms with Crippen LogP contribution in [0.25, 0.3) is 0 Å². The largest absolute Gasteiger partial charge is 0.490 e. The molecule has 1 saturated heterocycles. The van der Waals surface area contributed by atoms with Crippen LogP contribution in [0.5, 0.6) is 5.75 Å². The number of fused-ring (bicyclic) bond motifs is 2. The third-order valence-corrected chi connectivity index (χ3v) is 6.65. The molecule has 4 rings (SSSR count). The molecule has 0 saturated carbocycles. The van der Waals surface area contributed by atoms with E-state index in [4.69, 9.17) is 27.9 Å². The Bertz CT molecular complexity index is 949. The Labute approximate surface area is 162 Å². The number of hydrogen-bond donors (Lipinski definition) is 1.